The average Bonchev–Trinajstić information content (AvgIpc) is 3.26. The molecule has 3 rings (SSSR count). The number of amides is 1. The molecule has 2 aliphatic rings. The van der Waals surface area contributed by atoms with E-state index in [4.69, 9.17) is 5.73 Å². The van der Waals surface area contributed by atoms with Gasteiger partial charge >= 0.3 is 0 Å². The zero-order valence-corrected chi connectivity index (χ0v) is 14.3. The number of carbonyl (C=O) groups is 1. The highest BCUT2D eigenvalue weighted by atomic mass is 35.5. The lowest BCUT2D eigenvalue weighted by molar-refractivity contribution is -0.384. The van der Waals surface area contributed by atoms with Crippen LogP contribution in [0.4, 0.5) is 11.4 Å². The molecule has 1 atom stereocenters. The smallest absolute Gasteiger partial charge is 0.293 e. The quantitative estimate of drug-likeness (QED) is 0.601. The molecular formula is C16H23ClN4O3. The van der Waals surface area contributed by atoms with Crippen LogP contribution >= 0.6 is 12.4 Å². The summed E-state index contributed by atoms with van der Waals surface area (Å²) in [4.78, 5) is 25.1. The van der Waals surface area contributed by atoms with Crippen LogP contribution in [0.1, 0.15) is 36.0 Å². The van der Waals surface area contributed by atoms with Crippen LogP contribution < -0.4 is 16.0 Å². The summed E-state index contributed by atoms with van der Waals surface area (Å²) in [6, 6.07) is 4.67. The van der Waals surface area contributed by atoms with Crippen molar-refractivity contribution in [1.29, 1.82) is 0 Å². The zero-order chi connectivity index (χ0) is 16.4. The Balaban J connectivity index is 0.00000208. The van der Waals surface area contributed by atoms with Gasteiger partial charge in [-0.3, -0.25) is 14.9 Å². The third-order valence-corrected chi connectivity index (χ3v) is 4.61. The number of nitrogens with one attached hydrogen (secondary N) is 1. The highest BCUT2D eigenvalue weighted by molar-refractivity contribution is 5.95. The van der Waals surface area contributed by atoms with Gasteiger partial charge in [0.2, 0.25) is 0 Å². The number of nitro groups is 1. The molecule has 0 radical (unpaired) electrons. The summed E-state index contributed by atoms with van der Waals surface area (Å²) in [5.41, 5.74) is 6.86. The van der Waals surface area contributed by atoms with E-state index in [9.17, 15) is 14.9 Å². The molecule has 7 nitrogen and oxygen atoms in total. The van der Waals surface area contributed by atoms with E-state index in [0.717, 1.165) is 38.8 Å². The van der Waals surface area contributed by atoms with Gasteiger partial charge in [-0.25, -0.2) is 0 Å². The summed E-state index contributed by atoms with van der Waals surface area (Å²) in [5, 5.41) is 14.1. The van der Waals surface area contributed by atoms with Gasteiger partial charge in [0.05, 0.1) is 4.92 Å². The topological polar surface area (TPSA) is 102 Å². The Kier molecular flexibility index (Phi) is 6.01. The summed E-state index contributed by atoms with van der Waals surface area (Å²) < 4.78 is 0. The Morgan fingerprint density at radius 3 is 2.62 bits per heavy atom. The molecule has 1 saturated carbocycles. The third kappa shape index (κ3) is 4.15. The molecule has 1 aromatic rings. The molecule has 1 aromatic carbocycles. The van der Waals surface area contributed by atoms with E-state index in [-0.39, 0.29) is 30.0 Å². The summed E-state index contributed by atoms with van der Waals surface area (Å²) in [5.74, 6) is 0.194. The molecule has 0 aromatic heterocycles. The largest absolute Gasteiger partial charge is 0.366 e. The number of nitrogens with two attached hydrogens (primary N) is 1. The molecule has 0 spiro atoms. The highest BCUT2D eigenvalue weighted by Crippen LogP contribution is 2.32. The van der Waals surface area contributed by atoms with E-state index in [1.807, 2.05) is 4.90 Å². The van der Waals surface area contributed by atoms with Gasteiger partial charge in [0.15, 0.2) is 0 Å². The predicted molar refractivity (Wildman–Crippen MR) is 94.8 cm³/mol. The van der Waals surface area contributed by atoms with Gasteiger partial charge in [0.1, 0.15) is 5.69 Å². The summed E-state index contributed by atoms with van der Waals surface area (Å²) >= 11 is 0. The lowest BCUT2D eigenvalue weighted by Gasteiger charge is -2.18. The van der Waals surface area contributed by atoms with Crippen molar-refractivity contribution < 1.29 is 9.72 Å². The van der Waals surface area contributed by atoms with Crippen molar-refractivity contribution in [2.24, 2.45) is 11.7 Å². The molecule has 1 aliphatic heterocycles. The molecule has 1 saturated heterocycles. The van der Waals surface area contributed by atoms with Crippen molar-refractivity contribution in [2.45, 2.75) is 31.7 Å². The number of carbonyl (C=O) groups excluding carboxylic acids is 1. The molecule has 1 amide bonds. The van der Waals surface area contributed by atoms with Crippen LogP contribution in [0.15, 0.2) is 18.2 Å². The molecule has 132 valence electrons. The van der Waals surface area contributed by atoms with Gasteiger partial charge in [-0.05, 0) is 43.7 Å². The minimum absolute atomic E-state index is 0. The second-order valence-corrected chi connectivity index (χ2v) is 6.37. The zero-order valence-electron chi connectivity index (χ0n) is 13.4. The monoisotopic (exact) mass is 354 g/mol. The lowest BCUT2D eigenvalue weighted by Crippen LogP contribution is -2.38. The second-order valence-electron chi connectivity index (χ2n) is 6.37. The Labute approximate surface area is 147 Å². The maximum atomic E-state index is 12.2. The van der Waals surface area contributed by atoms with Crippen LogP contribution in [-0.2, 0) is 0 Å². The van der Waals surface area contributed by atoms with E-state index in [1.165, 1.54) is 6.07 Å². The first kappa shape index (κ1) is 18.5. The van der Waals surface area contributed by atoms with Gasteiger partial charge in [-0.1, -0.05) is 0 Å². The van der Waals surface area contributed by atoms with Crippen molar-refractivity contribution >= 4 is 29.7 Å². The number of hydrogen-bond acceptors (Lipinski definition) is 5. The Morgan fingerprint density at radius 1 is 1.38 bits per heavy atom. The van der Waals surface area contributed by atoms with E-state index < -0.39 is 4.92 Å². The van der Waals surface area contributed by atoms with Crippen molar-refractivity contribution in [3.8, 4) is 0 Å². The number of benzene rings is 1. The number of nitrogens with zero attached hydrogens (tertiary/aromatic N) is 2. The Morgan fingerprint density at radius 2 is 2.04 bits per heavy atom. The fraction of sp³-hybridized carbons (Fsp3) is 0.562. The van der Waals surface area contributed by atoms with Crippen molar-refractivity contribution in [3.05, 3.63) is 33.9 Å². The highest BCUT2D eigenvalue weighted by Gasteiger charge is 2.29. The van der Waals surface area contributed by atoms with Gasteiger partial charge in [0, 0.05) is 37.3 Å². The number of rotatable bonds is 6. The van der Waals surface area contributed by atoms with Gasteiger partial charge in [0.25, 0.3) is 11.6 Å². The molecule has 1 heterocycles. The summed E-state index contributed by atoms with van der Waals surface area (Å²) in [7, 11) is 0. The van der Waals surface area contributed by atoms with Gasteiger partial charge in [-0.2, -0.15) is 0 Å². The fourth-order valence-electron chi connectivity index (χ4n) is 3.04. The number of halogens is 1. The number of hydrogen-bond donors (Lipinski definition) is 2. The molecule has 0 bridgehead atoms. The van der Waals surface area contributed by atoms with E-state index >= 15 is 0 Å². The molecule has 24 heavy (non-hydrogen) atoms. The van der Waals surface area contributed by atoms with Gasteiger partial charge < -0.3 is 16.0 Å². The van der Waals surface area contributed by atoms with Crippen molar-refractivity contribution in [2.75, 3.05) is 24.5 Å². The second kappa shape index (κ2) is 7.81. The molecule has 8 heteroatoms. The fourth-order valence-corrected chi connectivity index (χ4v) is 3.04. The Hall–Kier alpha value is -1.86. The maximum Gasteiger partial charge on any atom is 0.293 e. The first-order valence-corrected chi connectivity index (χ1v) is 8.13. The van der Waals surface area contributed by atoms with Crippen LogP contribution in [0.2, 0.25) is 0 Å². The first-order chi connectivity index (χ1) is 11.1. The average molecular weight is 355 g/mol. The van der Waals surface area contributed by atoms with E-state index in [2.05, 4.69) is 5.32 Å². The molecular weight excluding hydrogens is 332 g/mol. The minimum Gasteiger partial charge on any atom is -0.366 e. The maximum absolute atomic E-state index is 12.2. The minimum atomic E-state index is -0.416. The van der Waals surface area contributed by atoms with Crippen LogP contribution in [0.25, 0.3) is 0 Å². The van der Waals surface area contributed by atoms with Crippen LogP contribution in [0.3, 0.4) is 0 Å². The molecule has 1 aliphatic carbocycles. The molecule has 3 N–H and O–H groups in total. The number of anilines is 1. The van der Waals surface area contributed by atoms with Crippen molar-refractivity contribution in [3.63, 3.8) is 0 Å². The summed E-state index contributed by atoms with van der Waals surface area (Å²) in [6.45, 7) is 2.05. The number of nitro benzene ring substituents is 1. The van der Waals surface area contributed by atoms with Crippen LogP contribution in [0.5, 0.6) is 0 Å². The predicted octanol–water partition coefficient (Wildman–Crippen LogP) is 2.08. The first-order valence-electron chi connectivity index (χ1n) is 8.13. The van der Waals surface area contributed by atoms with Crippen LogP contribution in [0, 0.1) is 16.0 Å². The molecule has 1 unspecified atom stereocenters. The van der Waals surface area contributed by atoms with Gasteiger partial charge in [-0.15, -0.1) is 12.4 Å². The van der Waals surface area contributed by atoms with E-state index in [0.29, 0.717) is 23.7 Å². The Bertz CT molecular complexity index is 615. The molecule has 2 fully saturated rings. The summed E-state index contributed by atoms with van der Waals surface area (Å²) in [6.07, 6.45) is 4.32. The SMILES string of the molecule is Cl.NC(CNC(=O)c1ccc(N2CCCC2)c([N+](=O)[O-])c1)C1CC1. The van der Waals surface area contributed by atoms with Crippen molar-refractivity contribution in [1.82, 2.24) is 5.32 Å². The lowest BCUT2D eigenvalue weighted by atomic mass is 10.1. The van der Waals surface area contributed by atoms with Crippen LogP contribution in [-0.4, -0.2) is 36.5 Å². The third-order valence-electron chi connectivity index (χ3n) is 4.61. The van der Waals surface area contributed by atoms with E-state index in [1.54, 1.807) is 12.1 Å². The normalized spacial score (nSPS) is 18.0. The standard InChI is InChI=1S/C16H22N4O3.ClH/c17-13(11-3-4-11)10-18-16(21)12-5-6-14(15(9-12)20(22)23)19-7-1-2-8-19;/h5-6,9,11,13H,1-4,7-8,10,17H2,(H,18,21);1H.